The maximum absolute atomic E-state index is 11.9. The van der Waals surface area contributed by atoms with Gasteiger partial charge in [0.05, 0.1) is 12.1 Å². The third kappa shape index (κ3) is 7.39. The van der Waals surface area contributed by atoms with E-state index in [-0.39, 0.29) is 29.9 Å². The minimum absolute atomic E-state index is 0. The standard InChI is InChI=1S/C17H23N5OS.HI/c1-3-19-17(22-12-15-13(2)6-10-24-15)21-9-8-20-16(23)14-5-4-7-18-11-14;/h4-7,10-11H,3,8-9,12H2,1-2H3,(H,20,23)(H2,19,21,22);1H. The van der Waals surface area contributed by atoms with E-state index in [1.165, 1.54) is 10.4 Å². The van der Waals surface area contributed by atoms with E-state index in [1.54, 1.807) is 35.9 Å². The van der Waals surface area contributed by atoms with Gasteiger partial charge < -0.3 is 16.0 Å². The van der Waals surface area contributed by atoms with Gasteiger partial charge in [0.25, 0.3) is 5.91 Å². The normalized spacial score (nSPS) is 10.7. The Hall–Kier alpha value is -1.68. The van der Waals surface area contributed by atoms with Crippen LogP contribution in [0.25, 0.3) is 0 Å². The van der Waals surface area contributed by atoms with Gasteiger partial charge >= 0.3 is 0 Å². The number of guanidine groups is 1. The molecule has 3 N–H and O–H groups in total. The number of nitrogens with zero attached hydrogens (tertiary/aromatic N) is 2. The molecule has 8 heteroatoms. The summed E-state index contributed by atoms with van der Waals surface area (Å²) in [5.74, 6) is 0.627. The Balaban J connectivity index is 0.00000312. The molecule has 1 amide bonds. The highest BCUT2D eigenvalue weighted by molar-refractivity contribution is 14.0. The summed E-state index contributed by atoms with van der Waals surface area (Å²) in [5, 5.41) is 11.4. The molecule has 0 aliphatic carbocycles. The lowest BCUT2D eigenvalue weighted by atomic mass is 10.3. The molecule has 0 radical (unpaired) electrons. The third-order valence-electron chi connectivity index (χ3n) is 3.32. The van der Waals surface area contributed by atoms with Crippen LogP contribution in [0.2, 0.25) is 0 Å². The molecular weight excluding hydrogens is 449 g/mol. The summed E-state index contributed by atoms with van der Waals surface area (Å²) < 4.78 is 0. The summed E-state index contributed by atoms with van der Waals surface area (Å²) >= 11 is 1.71. The maximum Gasteiger partial charge on any atom is 0.252 e. The molecule has 2 rings (SSSR count). The van der Waals surface area contributed by atoms with Gasteiger partial charge in [-0.2, -0.15) is 0 Å². The first-order valence-corrected chi connectivity index (χ1v) is 8.82. The van der Waals surface area contributed by atoms with Crippen LogP contribution in [0.15, 0.2) is 41.0 Å². The molecule has 0 saturated carbocycles. The van der Waals surface area contributed by atoms with Crippen molar-refractivity contribution < 1.29 is 4.79 Å². The maximum atomic E-state index is 11.9. The molecule has 0 bridgehead atoms. The number of nitrogens with one attached hydrogen (secondary N) is 3. The van der Waals surface area contributed by atoms with Gasteiger partial charge in [-0.15, -0.1) is 35.3 Å². The van der Waals surface area contributed by atoms with E-state index in [0.29, 0.717) is 25.2 Å². The number of aryl methyl sites for hydroxylation is 1. The first kappa shape index (κ1) is 21.4. The summed E-state index contributed by atoms with van der Waals surface area (Å²) in [6.07, 6.45) is 3.20. The van der Waals surface area contributed by atoms with E-state index in [0.717, 1.165) is 12.5 Å². The Labute approximate surface area is 169 Å². The van der Waals surface area contributed by atoms with Gasteiger partial charge in [-0.05, 0) is 43.0 Å². The summed E-state index contributed by atoms with van der Waals surface area (Å²) in [4.78, 5) is 21.7. The predicted molar refractivity (Wildman–Crippen MR) is 114 cm³/mol. The highest BCUT2D eigenvalue weighted by Crippen LogP contribution is 2.16. The zero-order valence-electron chi connectivity index (χ0n) is 14.4. The highest BCUT2D eigenvalue weighted by atomic mass is 127. The smallest absolute Gasteiger partial charge is 0.252 e. The molecule has 0 saturated heterocycles. The molecule has 0 atom stereocenters. The number of carbonyl (C=O) groups excluding carboxylic acids is 1. The van der Waals surface area contributed by atoms with E-state index in [4.69, 9.17) is 0 Å². The number of aromatic nitrogens is 1. The van der Waals surface area contributed by atoms with Crippen molar-refractivity contribution >= 4 is 47.2 Å². The lowest BCUT2D eigenvalue weighted by Crippen LogP contribution is -2.41. The van der Waals surface area contributed by atoms with Crippen molar-refractivity contribution in [2.45, 2.75) is 20.4 Å². The molecule has 2 aromatic heterocycles. The molecule has 6 nitrogen and oxygen atoms in total. The number of rotatable bonds is 7. The summed E-state index contributed by atoms with van der Waals surface area (Å²) in [7, 11) is 0. The minimum Gasteiger partial charge on any atom is -0.357 e. The van der Waals surface area contributed by atoms with Crippen LogP contribution in [0.5, 0.6) is 0 Å². The van der Waals surface area contributed by atoms with Crippen molar-refractivity contribution in [1.82, 2.24) is 20.9 Å². The van der Waals surface area contributed by atoms with Crippen LogP contribution in [0.1, 0.15) is 27.7 Å². The molecule has 0 spiro atoms. The molecule has 0 unspecified atom stereocenters. The quantitative estimate of drug-likeness (QED) is 0.250. The Morgan fingerprint density at radius 1 is 1.24 bits per heavy atom. The molecule has 2 aromatic rings. The summed E-state index contributed by atoms with van der Waals surface area (Å²) in [5.41, 5.74) is 1.83. The SMILES string of the molecule is CCNC(=NCc1sccc1C)NCCNC(=O)c1cccnc1.I. The van der Waals surface area contributed by atoms with Gasteiger partial charge in [-0.25, -0.2) is 4.99 Å². The summed E-state index contributed by atoms with van der Waals surface area (Å²) in [6.45, 7) is 6.67. The second-order valence-electron chi connectivity index (χ2n) is 5.15. The number of halogens is 1. The van der Waals surface area contributed by atoms with Gasteiger partial charge in [-0.3, -0.25) is 9.78 Å². The first-order chi connectivity index (χ1) is 11.7. The minimum atomic E-state index is -0.124. The van der Waals surface area contributed by atoms with Gasteiger partial charge in [0.2, 0.25) is 0 Å². The Morgan fingerprint density at radius 2 is 2.04 bits per heavy atom. The molecule has 0 fully saturated rings. The second-order valence-corrected chi connectivity index (χ2v) is 6.15. The molecule has 136 valence electrons. The number of pyridine rings is 1. The zero-order chi connectivity index (χ0) is 17.2. The predicted octanol–water partition coefficient (Wildman–Crippen LogP) is 2.55. The van der Waals surface area contributed by atoms with E-state index < -0.39 is 0 Å². The number of amides is 1. The van der Waals surface area contributed by atoms with E-state index in [1.807, 2.05) is 6.92 Å². The van der Waals surface area contributed by atoms with Gasteiger partial charge in [0.1, 0.15) is 0 Å². The van der Waals surface area contributed by atoms with Crippen molar-refractivity contribution in [2.75, 3.05) is 19.6 Å². The molecule has 0 aliphatic heterocycles. The second kappa shape index (κ2) is 11.8. The van der Waals surface area contributed by atoms with Crippen LogP contribution in [0.4, 0.5) is 0 Å². The van der Waals surface area contributed by atoms with E-state index in [2.05, 4.69) is 44.3 Å². The van der Waals surface area contributed by atoms with Gasteiger partial charge in [0, 0.05) is 36.9 Å². The van der Waals surface area contributed by atoms with Gasteiger partial charge in [0.15, 0.2) is 5.96 Å². The molecule has 2 heterocycles. The van der Waals surface area contributed by atoms with Crippen molar-refractivity contribution in [3.63, 3.8) is 0 Å². The fraction of sp³-hybridized carbons (Fsp3) is 0.353. The van der Waals surface area contributed by atoms with E-state index in [9.17, 15) is 4.79 Å². The fourth-order valence-corrected chi connectivity index (χ4v) is 2.84. The van der Waals surface area contributed by atoms with E-state index >= 15 is 0 Å². The van der Waals surface area contributed by atoms with Crippen LogP contribution >= 0.6 is 35.3 Å². The lowest BCUT2D eigenvalue weighted by Gasteiger charge is -2.11. The highest BCUT2D eigenvalue weighted by Gasteiger charge is 2.04. The Kier molecular flexibility index (Phi) is 10.1. The van der Waals surface area contributed by atoms with Gasteiger partial charge in [-0.1, -0.05) is 0 Å². The topological polar surface area (TPSA) is 78.4 Å². The molecule has 25 heavy (non-hydrogen) atoms. The zero-order valence-corrected chi connectivity index (χ0v) is 17.6. The van der Waals surface area contributed by atoms with Crippen LogP contribution in [0.3, 0.4) is 0 Å². The largest absolute Gasteiger partial charge is 0.357 e. The third-order valence-corrected chi connectivity index (χ3v) is 4.33. The Bertz CT molecular complexity index is 675. The first-order valence-electron chi connectivity index (χ1n) is 7.94. The van der Waals surface area contributed by atoms with Crippen LogP contribution in [0, 0.1) is 6.92 Å². The monoisotopic (exact) mass is 473 g/mol. The van der Waals surface area contributed by atoms with Crippen molar-refractivity contribution in [3.8, 4) is 0 Å². The van der Waals surface area contributed by atoms with Crippen molar-refractivity contribution in [1.29, 1.82) is 0 Å². The van der Waals surface area contributed by atoms with Crippen LogP contribution in [-0.2, 0) is 6.54 Å². The summed E-state index contributed by atoms with van der Waals surface area (Å²) in [6, 6.07) is 5.59. The molecule has 0 aromatic carbocycles. The average molecular weight is 473 g/mol. The lowest BCUT2D eigenvalue weighted by molar-refractivity contribution is 0.0954. The number of hydrogen-bond donors (Lipinski definition) is 3. The van der Waals surface area contributed by atoms with Crippen molar-refractivity contribution in [2.24, 2.45) is 4.99 Å². The van der Waals surface area contributed by atoms with Crippen LogP contribution < -0.4 is 16.0 Å². The Morgan fingerprint density at radius 3 is 2.68 bits per heavy atom. The number of carbonyl (C=O) groups is 1. The molecular formula is C17H24IN5OS. The van der Waals surface area contributed by atoms with Crippen LogP contribution in [-0.4, -0.2) is 36.5 Å². The number of thiophene rings is 1. The molecule has 0 aliphatic rings. The number of hydrogen-bond acceptors (Lipinski definition) is 4. The van der Waals surface area contributed by atoms with Crippen molar-refractivity contribution in [3.05, 3.63) is 52.0 Å². The average Bonchev–Trinajstić information content (AvgIpc) is 3.02. The fourth-order valence-electron chi connectivity index (χ4n) is 2.01. The number of aliphatic imine (C=N–C) groups is 1.